The monoisotopic (exact) mass is 199 g/mol. The van der Waals surface area contributed by atoms with E-state index in [1.807, 2.05) is 36.4 Å². The predicted octanol–water partition coefficient (Wildman–Crippen LogP) is 2.40. The van der Waals surface area contributed by atoms with Gasteiger partial charge in [0, 0.05) is 12.4 Å². The molecule has 15 heavy (non-hydrogen) atoms. The quantitative estimate of drug-likeness (QED) is 0.596. The fourth-order valence-electron chi connectivity index (χ4n) is 1.36. The molecule has 0 aliphatic rings. The number of hydrogen-bond donors (Lipinski definition) is 1. The van der Waals surface area contributed by atoms with Gasteiger partial charge < -0.3 is 0 Å². The first-order valence-corrected chi connectivity index (χ1v) is 4.79. The number of pyridine rings is 1. The van der Waals surface area contributed by atoms with Crippen molar-refractivity contribution in [3.8, 4) is 0 Å². The zero-order valence-corrected chi connectivity index (χ0v) is 8.59. The smallest absolute Gasteiger partial charge is 0.0605 e. The molecule has 2 rings (SSSR count). The van der Waals surface area contributed by atoms with Gasteiger partial charge in [-0.2, -0.15) is 0 Å². The van der Waals surface area contributed by atoms with Crippen LogP contribution in [0.2, 0.25) is 0 Å². The van der Waals surface area contributed by atoms with E-state index in [0.717, 1.165) is 11.4 Å². The normalized spacial score (nSPS) is 10.0. The molecule has 0 atom stereocenters. The Hall–Kier alpha value is -1.87. The largest absolute Gasteiger partial charge is 0.280 e. The molecular formula is C12H13N3. The third-order valence-corrected chi connectivity index (χ3v) is 2.25. The Morgan fingerprint density at radius 3 is 2.07 bits per heavy atom. The van der Waals surface area contributed by atoms with E-state index in [9.17, 15) is 0 Å². The van der Waals surface area contributed by atoms with Crippen LogP contribution in [0.15, 0.2) is 48.8 Å². The standard InChI is InChI=1S/C12H13N3/c1-10-2-4-11(5-3-10)15(13)12-6-8-14-9-7-12/h2-9H,13H2,1H3. The second kappa shape index (κ2) is 4.11. The van der Waals surface area contributed by atoms with Crippen molar-refractivity contribution in [2.75, 3.05) is 5.01 Å². The zero-order chi connectivity index (χ0) is 10.7. The molecule has 0 aliphatic carbocycles. The summed E-state index contributed by atoms with van der Waals surface area (Å²) in [7, 11) is 0. The fourth-order valence-corrected chi connectivity index (χ4v) is 1.36. The molecule has 0 aliphatic heterocycles. The molecule has 3 heteroatoms. The number of aromatic nitrogens is 1. The summed E-state index contributed by atoms with van der Waals surface area (Å²) >= 11 is 0. The highest BCUT2D eigenvalue weighted by Gasteiger charge is 2.02. The van der Waals surface area contributed by atoms with Crippen molar-refractivity contribution in [3.05, 3.63) is 54.4 Å². The second-order valence-corrected chi connectivity index (χ2v) is 3.41. The minimum atomic E-state index is 0.925. The van der Waals surface area contributed by atoms with E-state index in [1.54, 1.807) is 17.4 Å². The third kappa shape index (κ3) is 2.14. The molecule has 1 aromatic carbocycles. The highest BCUT2D eigenvalue weighted by Crippen LogP contribution is 2.20. The van der Waals surface area contributed by atoms with Gasteiger partial charge in [0.05, 0.1) is 11.4 Å². The van der Waals surface area contributed by atoms with Gasteiger partial charge in [0.1, 0.15) is 0 Å². The van der Waals surface area contributed by atoms with Crippen LogP contribution in [0.5, 0.6) is 0 Å². The van der Waals surface area contributed by atoms with E-state index in [-0.39, 0.29) is 0 Å². The van der Waals surface area contributed by atoms with Gasteiger partial charge in [-0.3, -0.25) is 9.99 Å². The van der Waals surface area contributed by atoms with Crippen molar-refractivity contribution in [3.63, 3.8) is 0 Å². The summed E-state index contributed by atoms with van der Waals surface area (Å²) in [5, 5.41) is 1.64. The van der Waals surface area contributed by atoms with Gasteiger partial charge in [-0.25, -0.2) is 5.84 Å². The molecule has 76 valence electrons. The van der Waals surface area contributed by atoms with Crippen LogP contribution in [0.25, 0.3) is 0 Å². The summed E-state index contributed by atoms with van der Waals surface area (Å²) in [6, 6.07) is 11.8. The van der Waals surface area contributed by atoms with Gasteiger partial charge in [0.2, 0.25) is 0 Å². The van der Waals surface area contributed by atoms with E-state index in [4.69, 9.17) is 5.84 Å². The number of hydrogen-bond acceptors (Lipinski definition) is 3. The fraction of sp³-hybridized carbons (Fsp3) is 0.0833. The summed E-state index contributed by atoms with van der Waals surface area (Å²) in [6.45, 7) is 2.05. The molecule has 2 N–H and O–H groups in total. The van der Waals surface area contributed by atoms with E-state index >= 15 is 0 Å². The van der Waals surface area contributed by atoms with Crippen LogP contribution in [0.1, 0.15) is 5.56 Å². The average Bonchev–Trinajstić information content (AvgIpc) is 2.30. The Labute approximate surface area is 89.1 Å². The molecule has 0 spiro atoms. The Morgan fingerprint density at radius 2 is 1.47 bits per heavy atom. The molecule has 0 saturated carbocycles. The van der Waals surface area contributed by atoms with Crippen LogP contribution in [0.3, 0.4) is 0 Å². The lowest BCUT2D eigenvalue weighted by Gasteiger charge is -2.18. The van der Waals surface area contributed by atoms with Crippen LogP contribution in [0, 0.1) is 6.92 Å². The maximum Gasteiger partial charge on any atom is 0.0605 e. The van der Waals surface area contributed by atoms with Crippen molar-refractivity contribution in [2.24, 2.45) is 5.84 Å². The Bertz CT molecular complexity index is 422. The average molecular weight is 199 g/mol. The lowest BCUT2D eigenvalue weighted by Crippen LogP contribution is -2.24. The third-order valence-electron chi connectivity index (χ3n) is 2.25. The Balaban J connectivity index is 2.29. The Morgan fingerprint density at radius 1 is 0.933 bits per heavy atom. The molecule has 1 heterocycles. The van der Waals surface area contributed by atoms with Crippen LogP contribution in [-0.4, -0.2) is 4.98 Å². The molecule has 0 amide bonds. The Kier molecular flexibility index (Phi) is 2.65. The summed E-state index contributed by atoms with van der Waals surface area (Å²) in [6.07, 6.45) is 3.45. The van der Waals surface area contributed by atoms with Gasteiger partial charge in [-0.05, 0) is 31.2 Å². The number of anilines is 2. The maximum atomic E-state index is 5.97. The minimum Gasteiger partial charge on any atom is -0.280 e. The highest BCUT2D eigenvalue weighted by atomic mass is 15.4. The van der Waals surface area contributed by atoms with Crippen molar-refractivity contribution < 1.29 is 0 Å². The van der Waals surface area contributed by atoms with Crippen molar-refractivity contribution in [1.29, 1.82) is 0 Å². The summed E-state index contributed by atoms with van der Waals surface area (Å²) in [4.78, 5) is 3.95. The van der Waals surface area contributed by atoms with Crippen LogP contribution < -0.4 is 10.9 Å². The van der Waals surface area contributed by atoms with Crippen molar-refractivity contribution in [2.45, 2.75) is 6.92 Å². The van der Waals surface area contributed by atoms with Crippen molar-refractivity contribution >= 4 is 11.4 Å². The number of nitrogens with zero attached hydrogens (tertiary/aromatic N) is 2. The molecule has 0 saturated heterocycles. The van der Waals surface area contributed by atoms with Gasteiger partial charge in [0.25, 0.3) is 0 Å². The molecule has 0 unspecified atom stereocenters. The molecule has 1 aromatic heterocycles. The molecule has 0 radical (unpaired) electrons. The molecule has 2 aromatic rings. The van der Waals surface area contributed by atoms with E-state index in [0.29, 0.717) is 0 Å². The minimum absolute atomic E-state index is 0.925. The SMILES string of the molecule is Cc1ccc(N(N)c2ccncc2)cc1. The van der Waals surface area contributed by atoms with Crippen molar-refractivity contribution in [1.82, 2.24) is 4.98 Å². The summed E-state index contributed by atoms with van der Waals surface area (Å²) in [5.74, 6) is 5.97. The zero-order valence-electron chi connectivity index (χ0n) is 8.59. The lowest BCUT2D eigenvalue weighted by atomic mass is 10.2. The first-order chi connectivity index (χ1) is 7.27. The van der Waals surface area contributed by atoms with Crippen LogP contribution in [-0.2, 0) is 0 Å². The number of hydrazine groups is 1. The van der Waals surface area contributed by atoms with Crippen LogP contribution >= 0.6 is 0 Å². The number of nitrogens with two attached hydrogens (primary N) is 1. The van der Waals surface area contributed by atoms with E-state index in [2.05, 4.69) is 11.9 Å². The molecule has 0 fully saturated rings. The van der Waals surface area contributed by atoms with Gasteiger partial charge in [-0.15, -0.1) is 0 Å². The molecule has 0 bridgehead atoms. The van der Waals surface area contributed by atoms with E-state index in [1.165, 1.54) is 5.56 Å². The van der Waals surface area contributed by atoms with Gasteiger partial charge in [0.15, 0.2) is 0 Å². The maximum absolute atomic E-state index is 5.97. The van der Waals surface area contributed by atoms with Crippen LogP contribution in [0.4, 0.5) is 11.4 Å². The highest BCUT2D eigenvalue weighted by molar-refractivity contribution is 5.60. The second-order valence-electron chi connectivity index (χ2n) is 3.41. The number of benzene rings is 1. The first kappa shape index (κ1) is 9.68. The first-order valence-electron chi connectivity index (χ1n) is 4.79. The molecular weight excluding hydrogens is 186 g/mol. The van der Waals surface area contributed by atoms with Gasteiger partial charge >= 0.3 is 0 Å². The van der Waals surface area contributed by atoms with Gasteiger partial charge in [-0.1, -0.05) is 17.7 Å². The number of rotatable bonds is 2. The summed E-state index contributed by atoms with van der Waals surface area (Å²) < 4.78 is 0. The predicted molar refractivity (Wildman–Crippen MR) is 61.7 cm³/mol. The van der Waals surface area contributed by atoms with E-state index < -0.39 is 0 Å². The topological polar surface area (TPSA) is 42.1 Å². The lowest BCUT2D eigenvalue weighted by molar-refractivity contribution is 1.08. The number of aryl methyl sites for hydroxylation is 1. The summed E-state index contributed by atoms with van der Waals surface area (Å²) in [5.41, 5.74) is 3.11. The molecule has 3 nitrogen and oxygen atoms in total.